The fourth-order valence-electron chi connectivity index (χ4n) is 6.41. The number of nitrogens with zero attached hydrogens (tertiary/aromatic N) is 4. The standard InChI is InChI=1S/C21H18N2.C13H9ClN2.C8H11BO2/c1-13-10-14(2)12-16(11-13)21-19-6-7-20-18(5-4-15(3)23-20)17(19)8-9-22-21;1-8-2-3-10-9-6-7-15-13(14)11(9)4-5-12(10)16-8;1-6-3-7(2)5-8(4-6)9(10)11/h4-12H,1-3H3;2-7H,1H3;3-5,10-11H,1-2H3. The van der Waals surface area contributed by atoms with Gasteiger partial charge in [-0.3, -0.25) is 15.0 Å². The summed E-state index contributed by atoms with van der Waals surface area (Å²) in [5, 5.41) is 25.0. The molecule has 8 aromatic rings. The lowest BCUT2D eigenvalue weighted by Crippen LogP contribution is -2.30. The van der Waals surface area contributed by atoms with Crippen LogP contribution in [0.4, 0.5) is 0 Å². The number of halogens is 1. The number of benzene rings is 4. The third-order valence-electron chi connectivity index (χ3n) is 8.49. The Hall–Kier alpha value is -5.21. The maximum absolute atomic E-state index is 8.83. The van der Waals surface area contributed by atoms with Crippen LogP contribution < -0.4 is 5.46 Å². The molecule has 0 unspecified atom stereocenters. The van der Waals surface area contributed by atoms with Crippen LogP contribution in [0.3, 0.4) is 0 Å². The van der Waals surface area contributed by atoms with Crippen molar-refractivity contribution in [2.24, 2.45) is 0 Å². The number of fused-ring (bicyclic) bond motifs is 6. The quantitative estimate of drug-likeness (QED) is 0.108. The Balaban J connectivity index is 0.000000139. The first-order valence-electron chi connectivity index (χ1n) is 16.5. The van der Waals surface area contributed by atoms with Gasteiger partial charge in [-0.25, -0.2) is 4.98 Å². The largest absolute Gasteiger partial charge is 0.488 e. The van der Waals surface area contributed by atoms with E-state index < -0.39 is 7.12 Å². The maximum atomic E-state index is 8.83. The summed E-state index contributed by atoms with van der Waals surface area (Å²) in [6.07, 6.45) is 3.62. The second-order valence-corrected chi connectivity index (χ2v) is 13.2. The number of hydrogen-bond donors (Lipinski definition) is 2. The van der Waals surface area contributed by atoms with Crippen molar-refractivity contribution in [1.29, 1.82) is 0 Å². The van der Waals surface area contributed by atoms with Gasteiger partial charge in [0.25, 0.3) is 0 Å². The van der Waals surface area contributed by atoms with Gasteiger partial charge in [-0.2, -0.15) is 0 Å². The van der Waals surface area contributed by atoms with Crippen molar-refractivity contribution in [3.63, 3.8) is 0 Å². The molecule has 0 saturated carbocycles. The zero-order valence-corrected chi connectivity index (χ0v) is 29.8. The first-order chi connectivity index (χ1) is 24.0. The molecule has 0 aliphatic rings. The predicted octanol–water partition coefficient (Wildman–Crippen LogP) is 9.10. The summed E-state index contributed by atoms with van der Waals surface area (Å²) in [5.41, 5.74) is 11.5. The Morgan fingerprint density at radius 1 is 0.480 bits per heavy atom. The molecule has 8 rings (SSSR count). The summed E-state index contributed by atoms with van der Waals surface area (Å²) in [6.45, 7) is 12.1. The van der Waals surface area contributed by atoms with Gasteiger partial charge in [0.2, 0.25) is 0 Å². The highest BCUT2D eigenvalue weighted by Crippen LogP contribution is 2.32. The number of aryl methyl sites for hydroxylation is 6. The van der Waals surface area contributed by atoms with Crippen molar-refractivity contribution in [3.8, 4) is 11.3 Å². The highest BCUT2D eigenvalue weighted by atomic mass is 35.5. The molecule has 4 heterocycles. The molecule has 6 nitrogen and oxygen atoms in total. The average Bonchev–Trinajstić information content (AvgIpc) is 3.07. The Labute approximate surface area is 297 Å². The van der Waals surface area contributed by atoms with Crippen LogP contribution in [-0.4, -0.2) is 37.1 Å². The molecule has 2 N–H and O–H groups in total. The lowest BCUT2D eigenvalue weighted by atomic mass is 9.79. The van der Waals surface area contributed by atoms with Crippen LogP contribution in [0.15, 0.2) is 109 Å². The maximum Gasteiger partial charge on any atom is 0.488 e. The summed E-state index contributed by atoms with van der Waals surface area (Å²) in [4.78, 5) is 17.9. The molecule has 0 aliphatic heterocycles. The zero-order chi connectivity index (χ0) is 35.5. The van der Waals surface area contributed by atoms with E-state index in [-0.39, 0.29) is 0 Å². The van der Waals surface area contributed by atoms with Gasteiger partial charge in [-0.05, 0) is 118 Å². The molecule has 0 saturated heterocycles. The first-order valence-corrected chi connectivity index (χ1v) is 16.8. The van der Waals surface area contributed by atoms with E-state index >= 15 is 0 Å². The fourth-order valence-corrected chi connectivity index (χ4v) is 6.63. The van der Waals surface area contributed by atoms with Crippen LogP contribution in [0.1, 0.15) is 33.6 Å². The molecule has 0 atom stereocenters. The zero-order valence-electron chi connectivity index (χ0n) is 29.0. The molecular formula is C42H38BClN4O2. The Bertz CT molecular complexity index is 2480. The van der Waals surface area contributed by atoms with Crippen molar-refractivity contribution in [3.05, 3.63) is 148 Å². The minimum absolute atomic E-state index is 0.542. The molecule has 0 spiro atoms. The SMILES string of the molecule is Cc1cc(C)cc(-c2nccc3c2ccc2nc(C)ccc23)c1.Cc1cc(C)cc(B(O)O)c1.Cc1ccc2c(ccc3c(Cl)nccc32)n1. The molecule has 0 bridgehead atoms. The summed E-state index contributed by atoms with van der Waals surface area (Å²) >= 11 is 6.06. The van der Waals surface area contributed by atoms with E-state index in [1.54, 1.807) is 18.3 Å². The molecule has 0 amide bonds. The van der Waals surface area contributed by atoms with E-state index in [0.29, 0.717) is 10.6 Å². The number of rotatable bonds is 2. The number of hydrogen-bond acceptors (Lipinski definition) is 6. The van der Waals surface area contributed by atoms with E-state index in [2.05, 4.69) is 88.4 Å². The highest BCUT2D eigenvalue weighted by molar-refractivity contribution is 6.58. The molecular weight excluding hydrogens is 639 g/mol. The van der Waals surface area contributed by atoms with Crippen LogP contribution in [-0.2, 0) is 0 Å². The third-order valence-corrected chi connectivity index (χ3v) is 8.79. The van der Waals surface area contributed by atoms with Gasteiger partial charge >= 0.3 is 7.12 Å². The molecule has 0 fully saturated rings. The fraction of sp³-hybridized carbons (Fsp3) is 0.143. The Morgan fingerprint density at radius 2 is 0.940 bits per heavy atom. The van der Waals surface area contributed by atoms with Crippen LogP contribution in [0, 0.1) is 41.5 Å². The van der Waals surface area contributed by atoms with Crippen molar-refractivity contribution in [2.45, 2.75) is 41.5 Å². The van der Waals surface area contributed by atoms with Gasteiger partial charge in [0.05, 0.1) is 16.7 Å². The lowest BCUT2D eigenvalue weighted by Gasteiger charge is -2.10. The molecule has 0 radical (unpaired) electrons. The van der Waals surface area contributed by atoms with Crippen LogP contribution in [0.25, 0.3) is 54.6 Å². The summed E-state index contributed by atoms with van der Waals surface area (Å²) in [5.74, 6) is 0. The van der Waals surface area contributed by atoms with Crippen LogP contribution in [0.5, 0.6) is 0 Å². The van der Waals surface area contributed by atoms with Gasteiger partial charge in [0, 0.05) is 50.9 Å². The smallest absolute Gasteiger partial charge is 0.423 e. The molecule has 4 aromatic heterocycles. The number of aromatic nitrogens is 4. The monoisotopic (exact) mass is 676 g/mol. The third kappa shape index (κ3) is 7.66. The molecule has 8 heteroatoms. The summed E-state index contributed by atoms with van der Waals surface area (Å²) in [6, 6.07) is 32.7. The summed E-state index contributed by atoms with van der Waals surface area (Å²) < 4.78 is 0. The first kappa shape index (κ1) is 34.7. The van der Waals surface area contributed by atoms with Crippen LogP contribution in [0.2, 0.25) is 5.15 Å². The van der Waals surface area contributed by atoms with E-state index in [0.717, 1.165) is 55.4 Å². The summed E-state index contributed by atoms with van der Waals surface area (Å²) in [7, 11) is -1.35. The Kier molecular flexibility index (Phi) is 10.2. The van der Waals surface area contributed by atoms with Gasteiger partial charge in [0.1, 0.15) is 5.15 Å². The average molecular weight is 677 g/mol. The second-order valence-electron chi connectivity index (χ2n) is 12.8. The van der Waals surface area contributed by atoms with Crippen molar-refractivity contribution in [2.75, 3.05) is 0 Å². The highest BCUT2D eigenvalue weighted by Gasteiger charge is 2.11. The minimum Gasteiger partial charge on any atom is -0.423 e. The van der Waals surface area contributed by atoms with E-state index in [9.17, 15) is 0 Å². The predicted molar refractivity (Wildman–Crippen MR) is 209 cm³/mol. The molecule has 50 heavy (non-hydrogen) atoms. The lowest BCUT2D eigenvalue weighted by molar-refractivity contribution is 0.425. The van der Waals surface area contributed by atoms with E-state index in [1.165, 1.54) is 32.8 Å². The number of pyridine rings is 4. The van der Waals surface area contributed by atoms with Gasteiger partial charge in [-0.1, -0.05) is 70.3 Å². The molecule has 4 aromatic carbocycles. The van der Waals surface area contributed by atoms with E-state index in [1.807, 2.05) is 64.2 Å². The molecule has 0 aliphatic carbocycles. The second kappa shape index (κ2) is 14.7. The van der Waals surface area contributed by atoms with E-state index in [4.69, 9.17) is 21.6 Å². The van der Waals surface area contributed by atoms with Crippen molar-refractivity contribution < 1.29 is 10.0 Å². The van der Waals surface area contributed by atoms with Crippen molar-refractivity contribution in [1.82, 2.24) is 19.9 Å². The minimum atomic E-state index is -1.35. The topological polar surface area (TPSA) is 92.0 Å². The normalized spacial score (nSPS) is 10.9. The van der Waals surface area contributed by atoms with Gasteiger partial charge < -0.3 is 10.0 Å². The van der Waals surface area contributed by atoms with Gasteiger partial charge in [0.15, 0.2) is 0 Å². The Morgan fingerprint density at radius 3 is 1.48 bits per heavy atom. The van der Waals surface area contributed by atoms with Gasteiger partial charge in [-0.15, -0.1) is 0 Å². The van der Waals surface area contributed by atoms with Crippen molar-refractivity contribution >= 4 is 67.5 Å². The molecule has 248 valence electrons. The van der Waals surface area contributed by atoms with Crippen LogP contribution >= 0.6 is 11.6 Å².